The molecule has 0 aliphatic carbocycles. The summed E-state index contributed by atoms with van der Waals surface area (Å²) in [5.41, 5.74) is 1.38. The summed E-state index contributed by atoms with van der Waals surface area (Å²) in [6.07, 6.45) is 4.12. The van der Waals surface area contributed by atoms with Crippen molar-refractivity contribution in [3.05, 3.63) is 18.0 Å². The number of hydrogen-bond donors (Lipinski definition) is 1. The Morgan fingerprint density at radius 1 is 1.37 bits per heavy atom. The Morgan fingerprint density at radius 3 is 2.53 bits per heavy atom. The van der Waals surface area contributed by atoms with Gasteiger partial charge in [0, 0.05) is 18.3 Å². The number of aromatic nitrogens is 2. The molecule has 1 aromatic heterocycles. The van der Waals surface area contributed by atoms with Gasteiger partial charge in [-0.2, -0.15) is 5.10 Å². The van der Waals surface area contributed by atoms with Crippen molar-refractivity contribution >= 4 is 0 Å². The minimum atomic E-state index is 0.0849. The van der Waals surface area contributed by atoms with Gasteiger partial charge in [0.2, 0.25) is 0 Å². The molecule has 0 aromatic carbocycles. The first-order chi connectivity index (χ1) is 9.01. The third-order valence-corrected chi connectivity index (χ3v) is 4.25. The second-order valence-corrected chi connectivity index (χ2v) is 5.58. The van der Waals surface area contributed by atoms with Crippen molar-refractivity contribution in [2.24, 2.45) is 0 Å². The Kier molecular flexibility index (Phi) is 6.01. The molecular weight excluding hydrogens is 236 g/mol. The van der Waals surface area contributed by atoms with Crippen LogP contribution in [0.2, 0.25) is 0 Å². The molecule has 4 nitrogen and oxygen atoms in total. The van der Waals surface area contributed by atoms with Crippen LogP contribution in [0.3, 0.4) is 0 Å². The number of hydrogen-bond acceptors (Lipinski definition) is 3. The van der Waals surface area contributed by atoms with Gasteiger partial charge in [0.15, 0.2) is 0 Å². The summed E-state index contributed by atoms with van der Waals surface area (Å²) in [4.78, 5) is 2.32. The van der Waals surface area contributed by atoms with Gasteiger partial charge < -0.3 is 10.2 Å². The van der Waals surface area contributed by atoms with Gasteiger partial charge in [0.25, 0.3) is 0 Å². The second kappa shape index (κ2) is 7.06. The van der Waals surface area contributed by atoms with E-state index in [0.717, 1.165) is 25.9 Å². The van der Waals surface area contributed by atoms with Crippen molar-refractivity contribution in [3.63, 3.8) is 0 Å². The molecule has 1 heterocycles. The van der Waals surface area contributed by atoms with Crippen molar-refractivity contribution < 1.29 is 0 Å². The average molecular weight is 266 g/mol. The van der Waals surface area contributed by atoms with E-state index >= 15 is 0 Å². The third-order valence-electron chi connectivity index (χ3n) is 4.25. The van der Waals surface area contributed by atoms with Crippen molar-refractivity contribution in [1.29, 1.82) is 0 Å². The van der Waals surface area contributed by atoms with Crippen LogP contribution >= 0.6 is 0 Å². The van der Waals surface area contributed by atoms with Crippen LogP contribution < -0.4 is 5.32 Å². The highest BCUT2D eigenvalue weighted by Gasteiger charge is 2.37. The molecule has 0 saturated heterocycles. The minimum Gasteiger partial charge on any atom is -0.307 e. The summed E-state index contributed by atoms with van der Waals surface area (Å²) in [7, 11) is 4.32. The normalized spacial score (nSPS) is 16.6. The van der Waals surface area contributed by atoms with E-state index in [1.54, 1.807) is 0 Å². The van der Waals surface area contributed by atoms with E-state index < -0.39 is 0 Å². The largest absolute Gasteiger partial charge is 0.307 e. The lowest BCUT2D eigenvalue weighted by molar-refractivity contribution is 0.109. The van der Waals surface area contributed by atoms with E-state index in [1.807, 2.05) is 6.20 Å². The number of rotatable bonds is 8. The Morgan fingerprint density at radius 2 is 2.05 bits per heavy atom. The first-order valence-electron chi connectivity index (χ1n) is 7.43. The second-order valence-electron chi connectivity index (χ2n) is 5.58. The summed E-state index contributed by atoms with van der Waals surface area (Å²) < 4.78 is 2.14. The predicted octanol–water partition coefficient (Wildman–Crippen LogP) is 2.67. The molecule has 0 spiro atoms. The van der Waals surface area contributed by atoms with Crippen LogP contribution in [0.4, 0.5) is 0 Å². The minimum absolute atomic E-state index is 0.0849. The molecule has 0 bridgehead atoms. The Bertz CT molecular complexity index is 372. The fourth-order valence-electron chi connectivity index (χ4n) is 2.61. The fourth-order valence-corrected chi connectivity index (χ4v) is 2.61. The zero-order chi connectivity index (χ0) is 14.5. The lowest BCUT2D eigenvalue weighted by Crippen LogP contribution is -2.51. The Labute approximate surface area is 118 Å². The molecule has 19 heavy (non-hydrogen) atoms. The van der Waals surface area contributed by atoms with Crippen LogP contribution in [0.25, 0.3) is 0 Å². The van der Waals surface area contributed by atoms with E-state index in [9.17, 15) is 0 Å². The van der Waals surface area contributed by atoms with Gasteiger partial charge in [-0.3, -0.25) is 4.68 Å². The van der Waals surface area contributed by atoms with Crippen LogP contribution in [0.15, 0.2) is 12.3 Å². The van der Waals surface area contributed by atoms with Crippen molar-refractivity contribution in [2.75, 3.05) is 20.6 Å². The number of nitrogens with one attached hydrogen (secondary N) is 1. The topological polar surface area (TPSA) is 33.1 Å². The van der Waals surface area contributed by atoms with Crippen LogP contribution in [0.5, 0.6) is 0 Å². The number of aryl methyl sites for hydroxylation is 1. The molecule has 0 aliphatic rings. The average Bonchev–Trinajstić information content (AvgIpc) is 2.83. The highest BCUT2D eigenvalue weighted by Crippen LogP contribution is 2.32. The fraction of sp³-hybridized carbons (Fsp3) is 0.800. The van der Waals surface area contributed by atoms with Gasteiger partial charge in [0.1, 0.15) is 0 Å². The van der Waals surface area contributed by atoms with Crippen LogP contribution in [0, 0.1) is 0 Å². The molecule has 2 unspecified atom stereocenters. The predicted molar refractivity (Wildman–Crippen MR) is 81.3 cm³/mol. The van der Waals surface area contributed by atoms with Gasteiger partial charge >= 0.3 is 0 Å². The molecular formula is C15H30N4. The smallest absolute Gasteiger partial charge is 0.0675 e. The summed E-state index contributed by atoms with van der Waals surface area (Å²) in [5, 5.41) is 8.13. The van der Waals surface area contributed by atoms with Gasteiger partial charge in [0.05, 0.1) is 11.7 Å². The summed E-state index contributed by atoms with van der Waals surface area (Å²) in [6.45, 7) is 10.9. The summed E-state index contributed by atoms with van der Waals surface area (Å²) in [5.74, 6) is 0. The van der Waals surface area contributed by atoms with Gasteiger partial charge in [-0.25, -0.2) is 0 Å². The molecule has 0 radical (unpaired) electrons. The van der Waals surface area contributed by atoms with Gasteiger partial charge in [-0.1, -0.05) is 20.8 Å². The maximum absolute atomic E-state index is 4.47. The molecule has 2 atom stereocenters. The molecule has 0 aliphatic heterocycles. The van der Waals surface area contributed by atoms with Crippen LogP contribution in [-0.4, -0.2) is 40.9 Å². The number of nitrogens with zero attached hydrogens (tertiary/aromatic N) is 3. The van der Waals surface area contributed by atoms with Crippen molar-refractivity contribution in [2.45, 2.75) is 58.7 Å². The van der Waals surface area contributed by atoms with Crippen molar-refractivity contribution in [1.82, 2.24) is 20.0 Å². The monoisotopic (exact) mass is 266 g/mol. The molecule has 0 amide bonds. The zero-order valence-electron chi connectivity index (χ0n) is 13.4. The SMILES string of the molecule is CCCn1nccc1C(NCC)C(C)(CC)N(C)C. The maximum Gasteiger partial charge on any atom is 0.0675 e. The molecule has 0 fully saturated rings. The number of likely N-dealkylation sites (N-methyl/N-ethyl adjacent to an activating group) is 2. The van der Waals surface area contributed by atoms with Crippen molar-refractivity contribution in [3.8, 4) is 0 Å². The lowest BCUT2D eigenvalue weighted by atomic mass is 9.85. The van der Waals surface area contributed by atoms with Gasteiger partial charge in [-0.15, -0.1) is 0 Å². The van der Waals surface area contributed by atoms with E-state index in [-0.39, 0.29) is 5.54 Å². The molecule has 1 rings (SSSR count). The highest BCUT2D eigenvalue weighted by atomic mass is 15.3. The van der Waals surface area contributed by atoms with E-state index in [1.165, 1.54) is 5.69 Å². The standard InChI is InChI=1S/C15H30N4/c1-7-12-19-13(10-11-17-19)14(16-9-3)15(4,8-2)18(5)6/h10-11,14,16H,7-9,12H2,1-6H3. The first-order valence-corrected chi connectivity index (χ1v) is 7.43. The quantitative estimate of drug-likeness (QED) is 0.785. The third kappa shape index (κ3) is 3.37. The molecule has 110 valence electrons. The maximum atomic E-state index is 4.47. The Balaban J connectivity index is 3.15. The molecule has 0 saturated carbocycles. The molecule has 1 aromatic rings. The lowest BCUT2D eigenvalue weighted by Gasteiger charge is -2.43. The van der Waals surface area contributed by atoms with E-state index in [4.69, 9.17) is 0 Å². The molecule has 1 N–H and O–H groups in total. The van der Waals surface area contributed by atoms with Crippen LogP contribution in [0.1, 0.15) is 52.3 Å². The van der Waals surface area contributed by atoms with E-state index in [2.05, 4.69) is 67.9 Å². The molecule has 4 heteroatoms. The zero-order valence-corrected chi connectivity index (χ0v) is 13.4. The first kappa shape index (κ1) is 16.2. The van der Waals surface area contributed by atoms with Crippen LogP contribution in [-0.2, 0) is 6.54 Å². The summed E-state index contributed by atoms with van der Waals surface area (Å²) in [6, 6.07) is 2.45. The van der Waals surface area contributed by atoms with E-state index in [0.29, 0.717) is 6.04 Å². The van der Waals surface area contributed by atoms with Gasteiger partial charge in [-0.05, 0) is 46.5 Å². The highest BCUT2D eigenvalue weighted by molar-refractivity contribution is 5.14. The summed E-state index contributed by atoms with van der Waals surface area (Å²) >= 11 is 0. The Hall–Kier alpha value is -0.870.